The van der Waals surface area contributed by atoms with Gasteiger partial charge >= 0.3 is 0 Å². The maximum atomic E-state index is 12.4. The summed E-state index contributed by atoms with van der Waals surface area (Å²) >= 11 is 0. The predicted octanol–water partition coefficient (Wildman–Crippen LogP) is 1.81. The van der Waals surface area contributed by atoms with Crippen molar-refractivity contribution in [1.82, 2.24) is 24.8 Å². The fourth-order valence-corrected chi connectivity index (χ4v) is 3.86. The molecule has 28 heavy (non-hydrogen) atoms. The second kappa shape index (κ2) is 8.32. The zero-order valence-electron chi connectivity index (χ0n) is 15.5. The molecule has 1 amide bonds. The fourth-order valence-electron chi connectivity index (χ4n) is 2.63. The van der Waals surface area contributed by atoms with Crippen LogP contribution in [0.4, 0.5) is 0 Å². The van der Waals surface area contributed by atoms with E-state index in [-0.39, 0.29) is 10.9 Å². The first kappa shape index (κ1) is 19.7. The molecular weight excluding hydrogens is 378 g/mol. The highest BCUT2D eigenvalue weighted by atomic mass is 32.2. The van der Waals surface area contributed by atoms with Gasteiger partial charge in [-0.15, -0.1) is 0 Å². The molecule has 0 aliphatic rings. The topological polar surface area (TPSA) is 106 Å². The number of hydrogen-bond acceptors (Lipinski definition) is 5. The number of rotatable bonds is 7. The minimum absolute atomic E-state index is 0.117. The Balaban J connectivity index is 1.62. The number of sulfonamides is 1. The number of aromatic nitrogens is 3. The van der Waals surface area contributed by atoms with Crippen molar-refractivity contribution in [3.63, 3.8) is 0 Å². The summed E-state index contributed by atoms with van der Waals surface area (Å²) in [7, 11) is -3.76. The number of nitrogens with one attached hydrogen (secondary N) is 2. The lowest BCUT2D eigenvalue weighted by molar-refractivity contribution is -0.123. The van der Waals surface area contributed by atoms with Crippen LogP contribution in [-0.2, 0) is 14.8 Å². The van der Waals surface area contributed by atoms with E-state index in [1.165, 1.54) is 25.4 Å². The van der Waals surface area contributed by atoms with Gasteiger partial charge in [-0.05, 0) is 43.7 Å². The van der Waals surface area contributed by atoms with Crippen LogP contribution in [0.15, 0.2) is 72.1 Å². The Bertz CT molecular complexity index is 1020. The number of amides is 1. The standard InChI is InChI=1S/C19H21N5O3S/c1-14(16-8-10-17(11-9-16)24-13-20-12-21-24)22-19(25)15(2)23-28(26,27)18-6-4-3-5-7-18/h3-15,23H,1-2H3,(H,22,25). The third-order valence-electron chi connectivity index (χ3n) is 4.21. The molecule has 1 aromatic heterocycles. The van der Waals surface area contributed by atoms with Crippen LogP contribution < -0.4 is 10.0 Å². The molecule has 8 nitrogen and oxygen atoms in total. The average Bonchev–Trinajstić information content (AvgIpc) is 3.23. The second-order valence-electron chi connectivity index (χ2n) is 6.32. The average molecular weight is 399 g/mol. The highest BCUT2D eigenvalue weighted by Gasteiger charge is 2.23. The fraction of sp³-hybridized carbons (Fsp3) is 0.211. The van der Waals surface area contributed by atoms with Crippen molar-refractivity contribution in [2.45, 2.75) is 30.8 Å². The van der Waals surface area contributed by atoms with Crippen LogP contribution in [0.25, 0.3) is 5.69 Å². The third kappa shape index (κ3) is 4.62. The molecule has 2 N–H and O–H groups in total. The van der Waals surface area contributed by atoms with Gasteiger partial charge in [0.05, 0.1) is 22.7 Å². The van der Waals surface area contributed by atoms with Crippen LogP contribution >= 0.6 is 0 Å². The summed E-state index contributed by atoms with van der Waals surface area (Å²) in [5.41, 5.74) is 1.74. The number of carbonyl (C=O) groups is 1. The van der Waals surface area contributed by atoms with E-state index in [4.69, 9.17) is 0 Å². The molecular formula is C19H21N5O3S. The Morgan fingerprint density at radius 2 is 1.71 bits per heavy atom. The number of carbonyl (C=O) groups excluding carboxylic acids is 1. The summed E-state index contributed by atoms with van der Waals surface area (Å²) in [6, 6.07) is 14.2. The third-order valence-corrected chi connectivity index (χ3v) is 5.77. The molecule has 3 aromatic rings. The van der Waals surface area contributed by atoms with E-state index in [0.29, 0.717) is 0 Å². The lowest BCUT2D eigenvalue weighted by atomic mass is 10.1. The maximum Gasteiger partial charge on any atom is 0.241 e. The zero-order chi connectivity index (χ0) is 20.1. The van der Waals surface area contributed by atoms with Crippen molar-refractivity contribution in [1.29, 1.82) is 0 Å². The van der Waals surface area contributed by atoms with Crippen LogP contribution in [0.1, 0.15) is 25.5 Å². The molecule has 0 fully saturated rings. The van der Waals surface area contributed by atoms with E-state index in [0.717, 1.165) is 11.3 Å². The number of nitrogens with zero attached hydrogens (tertiary/aromatic N) is 3. The van der Waals surface area contributed by atoms with Gasteiger partial charge in [-0.25, -0.2) is 18.1 Å². The SMILES string of the molecule is CC(NS(=O)(=O)c1ccccc1)C(=O)NC(C)c1ccc(-n2cncn2)cc1. The Morgan fingerprint density at radius 1 is 1.04 bits per heavy atom. The molecule has 0 bridgehead atoms. The molecule has 146 valence electrons. The zero-order valence-corrected chi connectivity index (χ0v) is 16.3. The van der Waals surface area contributed by atoms with Crippen molar-refractivity contribution < 1.29 is 13.2 Å². The first-order valence-corrected chi connectivity index (χ1v) is 10.2. The molecule has 0 saturated heterocycles. The van der Waals surface area contributed by atoms with Crippen molar-refractivity contribution in [2.75, 3.05) is 0 Å². The second-order valence-corrected chi connectivity index (χ2v) is 8.03. The van der Waals surface area contributed by atoms with Gasteiger partial charge < -0.3 is 5.32 Å². The first-order chi connectivity index (χ1) is 13.4. The van der Waals surface area contributed by atoms with Crippen LogP contribution in [-0.4, -0.2) is 35.1 Å². The monoisotopic (exact) mass is 399 g/mol. The van der Waals surface area contributed by atoms with Gasteiger partial charge in [-0.3, -0.25) is 4.79 Å². The largest absolute Gasteiger partial charge is 0.348 e. The van der Waals surface area contributed by atoms with Crippen LogP contribution in [0.2, 0.25) is 0 Å². The molecule has 2 unspecified atom stereocenters. The Kier molecular flexibility index (Phi) is 5.86. The lowest BCUT2D eigenvalue weighted by Gasteiger charge is -2.19. The molecule has 3 rings (SSSR count). The highest BCUT2D eigenvalue weighted by Crippen LogP contribution is 2.15. The summed E-state index contributed by atoms with van der Waals surface area (Å²) < 4.78 is 28.7. The van der Waals surface area contributed by atoms with E-state index in [1.807, 2.05) is 31.2 Å². The van der Waals surface area contributed by atoms with Crippen molar-refractivity contribution >= 4 is 15.9 Å². The normalized spacial score (nSPS) is 13.6. The minimum atomic E-state index is -3.76. The Labute approximate surface area is 163 Å². The van der Waals surface area contributed by atoms with Gasteiger partial charge in [0.25, 0.3) is 0 Å². The number of benzene rings is 2. The van der Waals surface area contributed by atoms with Gasteiger partial charge in [-0.2, -0.15) is 9.82 Å². The molecule has 1 heterocycles. The molecule has 0 saturated carbocycles. The molecule has 2 aromatic carbocycles. The van der Waals surface area contributed by atoms with E-state index in [2.05, 4.69) is 20.1 Å². The maximum absolute atomic E-state index is 12.4. The molecule has 0 spiro atoms. The molecule has 9 heteroatoms. The van der Waals surface area contributed by atoms with Gasteiger partial charge in [0.15, 0.2) is 0 Å². The van der Waals surface area contributed by atoms with Crippen molar-refractivity contribution in [3.05, 3.63) is 72.8 Å². The van der Waals surface area contributed by atoms with Crippen LogP contribution in [0.3, 0.4) is 0 Å². The van der Waals surface area contributed by atoms with E-state index >= 15 is 0 Å². The Hall–Kier alpha value is -3.04. The number of hydrogen-bond donors (Lipinski definition) is 2. The molecule has 0 aliphatic carbocycles. The highest BCUT2D eigenvalue weighted by molar-refractivity contribution is 7.89. The summed E-state index contributed by atoms with van der Waals surface area (Å²) in [6.45, 7) is 3.34. The summed E-state index contributed by atoms with van der Waals surface area (Å²) in [5.74, 6) is -0.410. The summed E-state index contributed by atoms with van der Waals surface area (Å²) in [4.78, 5) is 16.5. The van der Waals surface area contributed by atoms with Crippen molar-refractivity contribution in [3.8, 4) is 5.69 Å². The van der Waals surface area contributed by atoms with E-state index in [9.17, 15) is 13.2 Å². The predicted molar refractivity (Wildman–Crippen MR) is 104 cm³/mol. The summed E-state index contributed by atoms with van der Waals surface area (Å²) in [6.07, 6.45) is 3.05. The molecule has 0 aliphatic heterocycles. The summed E-state index contributed by atoms with van der Waals surface area (Å²) in [5, 5.41) is 6.89. The van der Waals surface area contributed by atoms with E-state index in [1.54, 1.807) is 29.2 Å². The first-order valence-electron chi connectivity index (χ1n) is 8.69. The quantitative estimate of drug-likeness (QED) is 0.630. The van der Waals surface area contributed by atoms with Gasteiger partial charge in [0, 0.05) is 0 Å². The van der Waals surface area contributed by atoms with Crippen LogP contribution in [0.5, 0.6) is 0 Å². The lowest BCUT2D eigenvalue weighted by Crippen LogP contribution is -2.45. The van der Waals surface area contributed by atoms with Crippen molar-refractivity contribution in [2.24, 2.45) is 0 Å². The van der Waals surface area contributed by atoms with Gasteiger partial charge in [-0.1, -0.05) is 30.3 Å². The van der Waals surface area contributed by atoms with Crippen LogP contribution in [0, 0.1) is 0 Å². The minimum Gasteiger partial charge on any atom is -0.348 e. The molecule has 0 radical (unpaired) electrons. The Morgan fingerprint density at radius 3 is 2.32 bits per heavy atom. The van der Waals surface area contributed by atoms with Gasteiger partial charge in [0.2, 0.25) is 15.9 Å². The van der Waals surface area contributed by atoms with E-state index < -0.39 is 22.0 Å². The smallest absolute Gasteiger partial charge is 0.241 e. The van der Waals surface area contributed by atoms with Gasteiger partial charge in [0.1, 0.15) is 12.7 Å². The molecule has 2 atom stereocenters.